The zero-order chi connectivity index (χ0) is 17.8. The molecule has 0 radical (unpaired) electrons. The average Bonchev–Trinajstić information content (AvgIpc) is 2.92. The molecule has 0 atom stereocenters. The van der Waals surface area contributed by atoms with Gasteiger partial charge in [0.05, 0.1) is 17.6 Å². The maximum Gasteiger partial charge on any atom is 0.326 e. The number of rotatable bonds is 6. The number of carbonyl (C=O) groups is 1. The molecule has 1 heterocycles. The first kappa shape index (κ1) is 17.0. The van der Waals surface area contributed by atoms with E-state index in [9.17, 15) is 14.7 Å². The van der Waals surface area contributed by atoms with Crippen LogP contribution in [-0.4, -0.2) is 45.2 Å². The van der Waals surface area contributed by atoms with Crippen LogP contribution >= 0.6 is 0 Å². The van der Waals surface area contributed by atoms with Crippen LogP contribution in [0.3, 0.4) is 0 Å². The van der Waals surface area contributed by atoms with E-state index >= 15 is 0 Å². The lowest BCUT2D eigenvalue weighted by atomic mass is 10.1. The van der Waals surface area contributed by atoms with E-state index in [-0.39, 0.29) is 24.7 Å². The highest BCUT2D eigenvalue weighted by atomic mass is 16.3. The Bertz CT molecular complexity index is 928. The summed E-state index contributed by atoms with van der Waals surface area (Å²) in [5, 5.41) is 9.30. The number of aromatic amines is 1. The molecule has 0 spiro atoms. The fraction of sp³-hybridized carbons (Fsp3) is 0.263. The quantitative estimate of drug-likeness (QED) is 0.715. The van der Waals surface area contributed by atoms with Crippen molar-refractivity contribution in [2.24, 2.45) is 7.05 Å². The molecule has 2 N–H and O–H groups in total. The monoisotopic (exact) mass is 339 g/mol. The first-order chi connectivity index (χ1) is 12.1. The van der Waals surface area contributed by atoms with E-state index in [0.29, 0.717) is 17.6 Å². The lowest BCUT2D eigenvalue weighted by Crippen LogP contribution is -2.35. The first-order valence-corrected chi connectivity index (χ1v) is 8.23. The minimum absolute atomic E-state index is 0.0923. The van der Waals surface area contributed by atoms with Crippen molar-refractivity contribution in [2.45, 2.75) is 6.42 Å². The van der Waals surface area contributed by atoms with Crippen molar-refractivity contribution in [2.75, 3.05) is 19.7 Å². The molecule has 0 unspecified atom stereocenters. The number of aliphatic hydroxyl groups excluding tert-OH is 1. The van der Waals surface area contributed by atoms with Gasteiger partial charge in [-0.2, -0.15) is 0 Å². The zero-order valence-corrected chi connectivity index (χ0v) is 14.1. The van der Waals surface area contributed by atoms with Crippen LogP contribution in [0.5, 0.6) is 0 Å². The second-order valence-corrected chi connectivity index (χ2v) is 5.97. The molecule has 0 aliphatic carbocycles. The summed E-state index contributed by atoms with van der Waals surface area (Å²) in [4.78, 5) is 28.9. The summed E-state index contributed by atoms with van der Waals surface area (Å²) in [7, 11) is 1.68. The number of aliphatic hydroxyl groups is 1. The minimum atomic E-state index is -0.212. The molecule has 0 aliphatic rings. The van der Waals surface area contributed by atoms with Crippen molar-refractivity contribution >= 4 is 16.9 Å². The third-order valence-corrected chi connectivity index (χ3v) is 4.32. The number of carbonyl (C=O) groups excluding carboxylic acids is 1. The normalized spacial score (nSPS) is 11.0. The van der Waals surface area contributed by atoms with Gasteiger partial charge in [0.2, 0.25) is 0 Å². The highest BCUT2D eigenvalue weighted by Crippen LogP contribution is 2.14. The largest absolute Gasteiger partial charge is 0.395 e. The van der Waals surface area contributed by atoms with Gasteiger partial charge in [0.1, 0.15) is 0 Å². The van der Waals surface area contributed by atoms with E-state index in [1.54, 1.807) is 30.1 Å². The molecule has 0 fully saturated rings. The minimum Gasteiger partial charge on any atom is -0.395 e. The van der Waals surface area contributed by atoms with Gasteiger partial charge in [-0.15, -0.1) is 0 Å². The predicted octanol–water partition coefficient (Wildman–Crippen LogP) is 1.54. The SMILES string of the molecule is Cn1c(=O)[nH]c2cc(C(=O)N(CCO)CCc3ccccc3)ccc21. The number of aromatic nitrogens is 2. The molecule has 1 aromatic heterocycles. The van der Waals surface area contributed by atoms with Crippen LogP contribution in [0.15, 0.2) is 53.3 Å². The Labute approximate surface area is 145 Å². The number of amides is 1. The van der Waals surface area contributed by atoms with Crippen molar-refractivity contribution in [1.29, 1.82) is 0 Å². The number of nitrogens with zero attached hydrogens (tertiary/aromatic N) is 2. The number of nitrogens with one attached hydrogen (secondary N) is 1. The fourth-order valence-electron chi connectivity index (χ4n) is 2.90. The van der Waals surface area contributed by atoms with Crippen LogP contribution in [0.4, 0.5) is 0 Å². The second-order valence-electron chi connectivity index (χ2n) is 5.97. The standard InChI is InChI=1S/C19H21N3O3/c1-21-17-8-7-15(13-16(17)20-19(21)25)18(24)22(11-12-23)10-9-14-5-3-2-4-6-14/h2-8,13,23H,9-12H2,1H3,(H,20,25). The second kappa shape index (κ2) is 7.36. The van der Waals surface area contributed by atoms with E-state index in [4.69, 9.17) is 0 Å². The smallest absolute Gasteiger partial charge is 0.326 e. The Balaban J connectivity index is 1.81. The Morgan fingerprint density at radius 3 is 2.64 bits per heavy atom. The van der Waals surface area contributed by atoms with E-state index < -0.39 is 0 Å². The van der Waals surface area contributed by atoms with Crippen LogP contribution in [0.2, 0.25) is 0 Å². The summed E-state index contributed by atoms with van der Waals surface area (Å²) < 4.78 is 1.50. The molecular formula is C19H21N3O3. The number of imidazole rings is 1. The predicted molar refractivity (Wildman–Crippen MR) is 96.7 cm³/mol. The van der Waals surface area contributed by atoms with Gasteiger partial charge in [-0.25, -0.2) is 4.79 Å². The van der Waals surface area contributed by atoms with Crippen molar-refractivity contribution < 1.29 is 9.90 Å². The zero-order valence-electron chi connectivity index (χ0n) is 14.1. The molecule has 130 valence electrons. The van der Waals surface area contributed by atoms with Gasteiger partial charge in [-0.3, -0.25) is 9.36 Å². The molecule has 6 heteroatoms. The van der Waals surface area contributed by atoms with Gasteiger partial charge in [-0.05, 0) is 30.2 Å². The van der Waals surface area contributed by atoms with Crippen LogP contribution in [0.25, 0.3) is 11.0 Å². The molecule has 0 saturated carbocycles. The Hall–Kier alpha value is -2.86. The number of hydrogen-bond acceptors (Lipinski definition) is 3. The Morgan fingerprint density at radius 1 is 1.16 bits per heavy atom. The molecule has 2 aromatic carbocycles. The molecule has 3 rings (SSSR count). The maximum atomic E-state index is 12.8. The van der Waals surface area contributed by atoms with Crippen molar-refractivity contribution in [3.63, 3.8) is 0 Å². The summed E-state index contributed by atoms with van der Waals surface area (Å²) in [6, 6.07) is 15.1. The van der Waals surface area contributed by atoms with Crippen LogP contribution in [-0.2, 0) is 13.5 Å². The van der Waals surface area contributed by atoms with Gasteiger partial charge in [0, 0.05) is 25.7 Å². The topological polar surface area (TPSA) is 78.3 Å². The van der Waals surface area contributed by atoms with Crippen LogP contribution in [0.1, 0.15) is 15.9 Å². The number of benzene rings is 2. The lowest BCUT2D eigenvalue weighted by Gasteiger charge is -2.22. The van der Waals surface area contributed by atoms with E-state index in [0.717, 1.165) is 17.5 Å². The first-order valence-electron chi connectivity index (χ1n) is 8.23. The van der Waals surface area contributed by atoms with Crippen molar-refractivity contribution in [3.8, 4) is 0 Å². The van der Waals surface area contributed by atoms with Crippen LogP contribution < -0.4 is 5.69 Å². The summed E-state index contributed by atoms with van der Waals surface area (Å²) in [6.45, 7) is 0.701. The van der Waals surface area contributed by atoms with Gasteiger partial charge in [-0.1, -0.05) is 30.3 Å². The number of aryl methyl sites for hydroxylation is 1. The Kier molecular flexibility index (Phi) is 5.00. The summed E-state index contributed by atoms with van der Waals surface area (Å²) in [5.41, 5.74) is 2.80. The molecule has 25 heavy (non-hydrogen) atoms. The third kappa shape index (κ3) is 3.64. The van der Waals surface area contributed by atoms with Gasteiger partial charge in [0.15, 0.2) is 0 Å². The molecule has 0 aliphatic heterocycles. The van der Waals surface area contributed by atoms with Gasteiger partial charge < -0.3 is 15.0 Å². The average molecular weight is 339 g/mol. The molecule has 3 aromatic rings. The van der Waals surface area contributed by atoms with E-state index in [2.05, 4.69) is 4.98 Å². The number of H-pyrrole nitrogens is 1. The highest BCUT2D eigenvalue weighted by Gasteiger charge is 2.16. The van der Waals surface area contributed by atoms with Crippen molar-refractivity contribution in [3.05, 3.63) is 70.1 Å². The molecule has 1 amide bonds. The summed E-state index contributed by atoms with van der Waals surface area (Å²) >= 11 is 0. The molecule has 6 nitrogen and oxygen atoms in total. The van der Waals surface area contributed by atoms with Gasteiger partial charge in [0.25, 0.3) is 5.91 Å². The third-order valence-electron chi connectivity index (χ3n) is 4.32. The fourth-order valence-corrected chi connectivity index (χ4v) is 2.90. The number of fused-ring (bicyclic) bond motifs is 1. The highest BCUT2D eigenvalue weighted by molar-refractivity contribution is 5.97. The maximum absolute atomic E-state index is 12.8. The van der Waals surface area contributed by atoms with Crippen molar-refractivity contribution in [1.82, 2.24) is 14.5 Å². The molecular weight excluding hydrogens is 318 g/mol. The summed E-state index contributed by atoms with van der Waals surface area (Å²) in [6.07, 6.45) is 0.719. The molecule has 0 bridgehead atoms. The Morgan fingerprint density at radius 2 is 1.92 bits per heavy atom. The van der Waals surface area contributed by atoms with Gasteiger partial charge >= 0.3 is 5.69 Å². The summed E-state index contributed by atoms with van der Waals surface area (Å²) in [5.74, 6) is -0.156. The van der Waals surface area contributed by atoms with E-state index in [1.165, 1.54) is 4.57 Å². The molecule has 0 saturated heterocycles. The van der Waals surface area contributed by atoms with E-state index in [1.807, 2.05) is 30.3 Å². The number of hydrogen-bond donors (Lipinski definition) is 2. The van der Waals surface area contributed by atoms with Crippen LogP contribution in [0, 0.1) is 0 Å². The lowest BCUT2D eigenvalue weighted by molar-refractivity contribution is 0.0724.